The number of hydrogen-bond acceptors (Lipinski definition) is 2. The van der Waals surface area contributed by atoms with Crippen LogP contribution in [0.2, 0.25) is 0 Å². The molecule has 0 saturated carbocycles. The highest BCUT2D eigenvalue weighted by Crippen LogP contribution is 2.22. The number of aliphatic imine (C=N–C) groups is 1. The Labute approximate surface area is 224 Å². The van der Waals surface area contributed by atoms with Gasteiger partial charge in [0, 0.05) is 6.21 Å². The Bertz CT molecular complexity index is 876. The van der Waals surface area contributed by atoms with Crippen molar-refractivity contribution in [3.63, 3.8) is 0 Å². The van der Waals surface area contributed by atoms with Crippen LogP contribution in [0.1, 0.15) is 90.8 Å². The van der Waals surface area contributed by atoms with Crippen LogP contribution in [0, 0.1) is 33.6 Å². The van der Waals surface area contributed by atoms with Crippen molar-refractivity contribution >= 4 is 29.5 Å². The summed E-state index contributed by atoms with van der Waals surface area (Å²) in [4.78, 5) is 12.3. The molecule has 2 heteroatoms. The van der Waals surface area contributed by atoms with Gasteiger partial charge in [-0.2, -0.15) is 0 Å². The Balaban J connectivity index is -0.000000191. The molecule has 0 N–H and O–H groups in total. The monoisotopic (exact) mass is 491 g/mol. The fraction of sp³-hybridized carbons (Fsp3) is 0.412. The normalized spacial score (nSPS) is 8.44. The summed E-state index contributed by atoms with van der Waals surface area (Å²) in [6, 6.07) is 21.0. The highest BCUT2D eigenvalue weighted by atomic mass is 16.1. The van der Waals surface area contributed by atoms with Crippen LogP contribution >= 0.6 is 0 Å². The van der Waals surface area contributed by atoms with Crippen LogP contribution in [-0.2, 0) is 4.79 Å². The number of carbonyl (C=O) groups excluding carboxylic acids is 1. The van der Waals surface area contributed by atoms with Gasteiger partial charge in [0.1, 0.15) is 6.79 Å². The van der Waals surface area contributed by atoms with Crippen LogP contribution in [0.5, 0.6) is 0 Å². The maximum Gasteiger partial charge on any atom is 0.106 e. The van der Waals surface area contributed by atoms with E-state index in [1.54, 1.807) is 0 Å². The van der Waals surface area contributed by atoms with Crippen molar-refractivity contribution < 1.29 is 4.79 Å². The molecule has 0 aliphatic carbocycles. The molecule has 0 amide bonds. The minimum Gasteiger partial charge on any atom is -0.307 e. The largest absolute Gasteiger partial charge is 0.307 e. The molecule has 0 heterocycles. The van der Waals surface area contributed by atoms with E-state index in [1.165, 1.54) is 53.1 Å². The van der Waals surface area contributed by atoms with Crippen molar-refractivity contribution in [3.8, 4) is 12.8 Å². The molecule has 0 aromatic heterocycles. The number of rotatable bonds is 3. The Morgan fingerprint density at radius 1 is 0.667 bits per heavy atom. The van der Waals surface area contributed by atoms with Crippen LogP contribution in [-0.4, -0.2) is 13.0 Å². The van der Waals surface area contributed by atoms with E-state index in [-0.39, 0.29) is 0 Å². The lowest BCUT2D eigenvalue weighted by Gasteiger charge is -2.02. The van der Waals surface area contributed by atoms with Crippen LogP contribution in [0.15, 0.2) is 65.7 Å². The van der Waals surface area contributed by atoms with Crippen LogP contribution in [0.4, 0.5) is 5.69 Å². The first kappa shape index (κ1) is 40.0. The summed E-state index contributed by atoms with van der Waals surface area (Å²) in [6.45, 7) is 23.0. The molecular weight excluding hydrogens is 438 g/mol. The van der Waals surface area contributed by atoms with E-state index >= 15 is 0 Å². The van der Waals surface area contributed by atoms with Crippen molar-refractivity contribution in [1.82, 2.24) is 0 Å². The molecule has 200 valence electrons. The summed E-state index contributed by atoms with van der Waals surface area (Å²) in [6.07, 6.45) is 15.1. The average Bonchev–Trinajstić information content (AvgIpc) is 2.95. The summed E-state index contributed by atoms with van der Waals surface area (Å²) < 4.78 is 0. The average molecular weight is 492 g/mol. The van der Waals surface area contributed by atoms with Crippen molar-refractivity contribution in [1.29, 1.82) is 0 Å². The van der Waals surface area contributed by atoms with Gasteiger partial charge in [-0.05, 0) is 55.2 Å². The molecule has 0 aliphatic heterocycles. The van der Waals surface area contributed by atoms with Crippen molar-refractivity contribution in [2.75, 3.05) is 0 Å². The quantitative estimate of drug-likeness (QED) is 0.264. The van der Waals surface area contributed by atoms with Crippen LogP contribution < -0.4 is 0 Å². The third-order valence-electron chi connectivity index (χ3n) is 4.71. The van der Waals surface area contributed by atoms with Gasteiger partial charge in [0.25, 0.3) is 0 Å². The SMILES string of the molecule is C#C.C=O.CC.CC=Nc1c(C)cccc1C.CCCC.CCCC.Cc1cccc2ccccc12. The minimum atomic E-state index is 1.11. The van der Waals surface area contributed by atoms with E-state index in [2.05, 4.69) is 127 Å². The molecule has 0 bridgehead atoms. The van der Waals surface area contributed by atoms with E-state index in [4.69, 9.17) is 4.79 Å². The lowest BCUT2D eigenvalue weighted by Crippen LogP contribution is -1.78. The van der Waals surface area contributed by atoms with Gasteiger partial charge in [0.05, 0.1) is 5.69 Å². The fourth-order valence-corrected chi connectivity index (χ4v) is 2.53. The van der Waals surface area contributed by atoms with E-state index in [1.807, 2.05) is 33.8 Å². The highest BCUT2D eigenvalue weighted by molar-refractivity contribution is 5.85. The number of aryl methyl sites for hydroxylation is 3. The van der Waals surface area contributed by atoms with E-state index in [0.717, 1.165) is 5.69 Å². The third-order valence-corrected chi connectivity index (χ3v) is 4.71. The molecule has 3 aromatic rings. The molecule has 0 saturated heterocycles. The Kier molecular flexibility index (Phi) is 35.4. The molecular formula is C34H53NO. The summed E-state index contributed by atoms with van der Waals surface area (Å²) >= 11 is 0. The molecule has 0 fully saturated rings. The number of unbranched alkanes of at least 4 members (excludes halogenated alkanes) is 2. The molecule has 0 atom stereocenters. The third kappa shape index (κ3) is 20.2. The second kappa shape index (κ2) is 31.8. The lowest BCUT2D eigenvalue weighted by molar-refractivity contribution is -0.0979. The van der Waals surface area contributed by atoms with E-state index in [9.17, 15) is 0 Å². The maximum absolute atomic E-state index is 8.00. The highest BCUT2D eigenvalue weighted by Gasteiger charge is 1.96. The molecule has 0 spiro atoms. The zero-order valence-corrected chi connectivity index (χ0v) is 24.9. The second-order valence-electron chi connectivity index (χ2n) is 7.42. The Hall–Kier alpha value is -3.18. The van der Waals surface area contributed by atoms with Gasteiger partial charge in [-0.15, -0.1) is 12.8 Å². The van der Waals surface area contributed by atoms with Gasteiger partial charge >= 0.3 is 0 Å². The molecule has 2 nitrogen and oxygen atoms in total. The topological polar surface area (TPSA) is 29.4 Å². The lowest BCUT2D eigenvalue weighted by atomic mass is 10.1. The Morgan fingerprint density at radius 3 is 1.42 bits per heavy atom. The molecule has 0 radical (unpaired) electrons. The number of para-hydroxylation sites is 1. The number of hydrogen-bond donors (Lipinski definition) is 0. The predicted octanol–water partition coefficient (Wildman–Crippen LogP) is 10.9. The number of benzene rings is 3. The zero-order chi connectivity index (χ0) is 28.8. The van der Waals surface area contributed by atoms with E-state index < -0.39 is 0 Å². The van der Waals surface area contributed by atoms with Crippen molar-refractivity contribution in [2.24, 2.45) is 4.99 Å². The summed E-state index contributed by atoms with van der Waals surface area (Å²) in [5.74, 6) is 0. The Morgan fingerprint density at radius 2 is 1.03 bits per heavy atom. The van der Waals surface area contributed by atoms with Gasteiger partial charge in [-0.3, -0.25) is 4.99 Å². The van der Waals surface area contributed by atoms with Gasteiger partial charge in [-0.1, -0.05) is 128 Å². The van der Waals surface area contributed by atoms with Crippen LogP contribution in [0.3, 0.4) is 0 Å². The van der Waals surface area contributed by atoms with Gasteiger partial charge in [-0.25, -0.2) is 0 Å². The molecule has 3 rings (SSSR count). The summed E-state index contributed by atoms with van der Waals surface area (Å²) in [5, 5.41) is 2.68. The summed E-state index contributed by atoms with van der Waals surface area (Å²) in [7, 11) is 0. The number of terminal acetylenes is 1. The number of nitrogens with zero attached hydrogens (tertiary/aromatic N) is 1. The number of fused-ring (bicyclic) bond motifs is 1. The predicted molar refractivity (Wildman–Crippen MR) is 168 cm³/mol. The summed E-state index contributed by atoms with van der Waals surface area (Å²) in [5.41, 5.74) is 4.93. The first-order chi connectivity index (χ1) is 17.5. The number of carbonyl (C=O) groups is 1. The van der Waals surface area contributed by atoms with Crippen molar-refractivity contribution in [2.45, 2.75) is 94.9 Å². The second-order valence-corrected chi connectivity index (χ2v) is 7.42. The fourth-order valence-electron chi connectivity index (χ4n) is 2.53. The van der Waals surface area contributed by atoms with Crippen LogP contribution in [0.25, 0.3) is 10.8 Å². The standard InChI is InChI=1S/C11H10.C10H13N.2C4H10.C2H6.C2H2.CH2O/c1-9-5-4-7-10-6-2-3-8-11(9)10;1-4-11-10-8(2)6-5-7-9(10)3;2*1-3-4-2;3*1-2/h2-8H,1H3;4-7H,1-3H3;2*3-4H2,1-2H3;1-2H3;1-2H;1H2. The maximum atomic E-state index is 8.00. The van der Waals surface area contributed by atoms with Gasteiger partial charge < -0.3 is 4.79 Å². The molecule has 0 unspecified atom stereocenters. The first-order valence-corrected chi connectivity index (χ1v) is 13.1. The van der Waals surface area contributed by atoms with Gasteiger partial charge in [0.15, 0.2) is 0 Å². The van der Waals surface area contributed by atoms with Gasteiger partial charge in [0.2, 0.25) is 0 Å². The van der Waals surface area contributed by atoms with E-state index in [0.29, 0.717) is 0 Å². The zero-order valence-electron chi connectivity index (χ0n) is 24.9. The molecule has 0 aliphatic rings. The first-order valence-electron chi connectivity index (χ1n) is 13.1. The smallest absolute Gasteiger partial charge is 0.106 e. The van der Waals surface area contributed by atoms with Crippen molar-refractivity contribution in [3.05, 3.63) is 77.4 Å². The molecule has 3 aromatic carbocycles. The molecule has 36 heavy (non-hydrogen) atoms. The minimum absolute atomic E-state index is 1.11.